The minimum atomic E-state index is -0.00954. The van der Waals surface area contributed by atoms with Gasteiger partial charge >= 0.3 is 0 Å². The van der Waals surface area contributed by atoms with E-state index in [0.29, 0.717) is 0 Å². The first kappa shape index (κ1) is 12.8. The first-order valence-corrected chi connectivity index (χ1v) is 6.89. The van der Waals surface area contributed by atoms with Crippen molar-refractivity contribution in [2.75, 3.05) is 0 Å². The van der Waals surface area contributed by atoms with E-state index in [-0.39, 0.29) is 6.04 Å². The number of hydrogen-bond acceptors (Lipinski definition) is 2. The topological polar surface area (TPSA) is 38.9 Å². The molecule has 2 N–H and O–H groups in total. The van der Waals surface area contributed by atoms with Gasteiger partial charge in [0.05, 0.1) is 5.52 Å². The molecule has 20 heavy (non-hydrogen) atoms. The van der Waals surface area contributed by atoms with Gasteiger partial charge in [-0.2, -0.15) is 0 Å². The van der Waals surface area contributed by atoms with Crippen LogP contribution >= 0.6 is 0 Å². The summed E-state index contributed by atoms with van der Waals surface area (Å²) in [5.41, 5.74) is 11.1. The number of nitrogens with two attached hydrogens (primary N) is 1. The molecule has 0 saturated carbocycles. The Labute approximate surface area is 119 Å². The van der Waals surface area contributed by atoms with Gasteiger partial charge in [-0.3, -0.25) is 4.98 Å². The lowest BCUT2D eigenvalue weighted by molar-refractivity contribution is 0.727. The fourth-order valence-corrected chi connectivity index (χ4v) is 2.65. The predicted octanol–water partition coefficient (Wildman–Crippen LogP) is 3.79. The molecule has 2 heteroatoms. The molecule has 0 saturated heterocycles. The average Bonchev–Trinajstić information content (AvgIpc) is 2.46. The van der Waals surface area contributed by atoms with Gasteiger partial charge in [0.1, 0.15) is 0 Å². The quantitative estimate of drug-likeness (QED) is 0.780. The number of hydrogen-bond donors (Lipinski definition) is 1. The lowest BCUT2D eigenvalue weighted by Crippen LogP contribution is -2.14. The lowest BCUT2D eigenvalue weighted by atomic mass is 9.96. The molecule has 3 aromatic rings. The predicted molar refractivity (Wildman–Crippen MR) is 83.6 cm³/mol. The standard InChI is InChI=1S/C18H18N2/c1-13-5-2-6-14(11-13)12-17(19)15-7-3-9-18-16(15)8-4-10-20-18/h2-11,17H,12,19H2,1H3. The molecule has 0 amide bonds. The number of nitrogens with zero attached hydrogens (tertiary/aromatic N) is 1. The van der Waals surface area contributed by atoms with E-state index < -0.39 is 0 Å². The highest BCUT2D eigenvalue weighted by Crippen LogP contribution is 2.24. The molecule has 1 heterocycles. The van der Waals surface area contributed by atoms with E-state index in [1.807, 2.05) is 24.4 Å². The second-order valence-electron chi connectivity index (χ2n) is 5.22. The zero-order valence-electron chi connectivity index (χ0n) is 11.6. The molecule has 0 spiro atoms. The van der Waals surface area contributed by atoms with Crippen molar-refractivity contribution in [2.24, 2.45) is 5.73 Å². The maximum absolute atomic E-state index is 6.42. The van der Waals surface area contributed by atoms with Crippen molar-refractivity contribution in [2.45, 2.75) is 19.4 Å². The molecule has 0 fully saturated rings. The van der Waals surface area contributed by atoms with E-state index in [1.165, 1.54) is 11.1 Å². The van der Waals surface area contributed by atoms with E-state index in [2.05, 4.69) is 48.3 Å². The molecule has 2 aromatic carbocycles. The van der Waals surface area contributed by atoms with Gasteiger partial charge < -0.3 is 5.73 Å². The van der Waals surface area contributed by atoms with Crippen LogP contribution in [-0.2, 0) is 6.42 Å². The van der Waals surface area contributed by atoms with Crippen molar-refractivity contribution in [3.05, 3.63) is 77.5 Å². The van der Waals surface area contributed by atoms with Crippen LogP contribution in [0.4, 0.5) is 0 Å². The monoisotopic (exact) mass is 262 g/mol. The molecule has 1 aromatic heterocycles. The number of aryl methyl sites for hydroxylation is 1. The van der Waals surface area contributed by atoms with E-state index in [1.54, 1.807) is 0 Å². The lowest BCUT2D eigenvalue weighted by Gasteiger charge is -2.15. The highest BCUT2D eigenvalue weighted by atomic mass is 14.7. The Morgan fingerprint density at radius 1 is 1.05 bits per heavy atom. The van der Waals surface area contributed by atoms with E-state index in [0.717, 1.165) is 22.9 Å². The summed E-state index contributed by atoms with van der Waals surface area (Å²) in [6.07, 6.45) is 2.66. The highest BCUT2D eigenvalue weighted by molar-refractivity contribution is 5.82. The maximum Gasteiger partial charge on any atom is 0.0705 e. The number of fused-ring (bicyclic) bond motifs is 1. The van der Waals surface area contributed by atoms with Crippen LogP contribution in [0.5, 0.6) is 0 Å². The first-order chi connectivity index (χ1) is 9.74. The maximum atomic E-state index is 6.42. The van der Waals surface area contributed by atoms with Crippen LogP contribution in [0.2, 0.25) is 0 Å². The fourth-order valence-electron chi connectivity index (χ4n) is 2.65. The van der Waals surface area contributed by atoms with Crippen LogP contribution in [0, 0.1) is 6.92 Å². The molecule has 0 aliphatic heterocycles. The third kappa shape index (κ3) is 2.56. The molecule has 2 nitrogen and oxygen atoms in total. The van der Waals surface area contributed by atoms with E-state index in [4.69, 9.17) is 5.73 Å². The van der Waals surface area contributed by atoms with Crippen molar-refractivity contribution in [3.8, 4) is 0 Å². The van der Waals surface area contributed by atoms with Crippen molar-refractivity contribution in [1.82, 2.24) is 4.98 Å². The third-order valence-corrected chi connectivity index (χ3v) is 3.62. The first-order valence-electron chi connectivity index (χ1n) is 6.89. The molecule has 0 aliphatic carbocycles. The van der Waals surface area contributed by atoms with Crippen LogP contribution in [0.3, 0.4) is 0 Å². The van der Waals surface area contributed by atoms with Gasteiger partial charge in [-0.15, -0.1) is 0 Å². The Morgan fingerprint density at radius 2 is 1.90 bits per heavy atom. The zero-order valence-corrected chi connectivity index (χ0v) is 11.6. The van der Waals surface area contributed by atoms with Crippen molar-refractivity contribution < 1.29 is 0 Å². The molecule has 100 valence electrons. The summed E-state index contributed by atoms with van der Waals surface area (Å²) < 4.78 is 0. The zero-order chi connectivity index (χ0) is 13.9. The molecule has 3 rings (SSSR count). The normalized spacial score (nSPS) is 12.5. The summed E-state index contributed by atoms with van der Waals surface area (Å²) >= 11 is 0. The molecule has 1 unspecified atom stereocenters. The van der Waals surface area contributed by atoms with Gasteiger partial charge in [0.2, 0.25) is 0 Å². The second-order valence-corrected chi connectivity index (χ2v) is 5.22. The molecular weight excluding hydrogens is 244 g/mol. The van der Waals surface area contributed by atoms with Crippen LogP contribution in [-0.4, -0.2) is 4.98 Å². The second kappa shape index (κ2) is 5.43. The van der Waals surface area contributed by atoms with Gasteiger partial charge in [0.15, 0.2) is 0 Å². The van der Waals surface area contributed by atoms with Crippen LogP contribution in [0.25, 0.3) is 10.9 Å². The van der Waals surface area contributed by atoms with Crippen molar-refractivity contribution in [3.63, 3.8) is 0 Å². The van der Waals surface area contributed by atoms with Crippen LogP contribution < -0.4 is 5.73 Å². The largest absolute Gasteiger partial charge is 0.324 e. The van der Waals surface area contributed by atoms with Crippen LogP contribution in [0.15, 0.2) is 60.8 Å². The van der Waals surface area contributed by atoms with Gasteiger partial charge in [0, 0.05) is 17.6 Å². The number of aromatic nitrogens is 1. The number of pyridine rings is 1. The summed E-state index contributed by atoms with van der Waals surface area (Å²) in [5, 5.41) is 1.15. The minimum Gasteiger partial charge on any atom is -0.324 e. The summed E-state index contributed by atoms with van der Waals surface area (Å²) in [7, 11) is 0. The molecule has 0 aliphatic rings. The summed E-state index contributed by atoms with van der Waals surface area (Å²) in [5.74, 6) is 0. The van der Waals surface area contributed by atoms with Gasteiger partial charge in [-0.25, -0.2) is 0 Å². The van der Waals surface area contributed by atoms with Gasteiger partial charge in [0.25, 0.3) is 0 Å². The van der Waals surface area contributed by atoms with E-state index >= 15 is 0 Å². The average molecular weight is 262 g/mol. The van der Waals surface area contributed by atoms with Gasteiger partial charge in [-0.05, 0) is 36.6 Å². The number of rotatable bonds is 3. The minimum absolute atomic E-state index is 0.00954. The Balaban J connectivity index is 1.94. The van der Waals surface area contributed by atoms with Gasteiger partial charge in [-0.1, -0.05) is 48.0 Å². The highest BCUT2D eigenvalue weighted by Gasteiger charge is 2.10. The Kier molecular flexibility index (Phi) is 3.48. The van der Waals surface area contributed by atoms with Crippen LogP contribution in [0.1, 0.15) is 22.7 Å². The SMILES string of the molecule is Cc1cccc(CC(N)c2cccc3ncccc23)c1. The van der Waals surface area contributed by atoms with E-state index in [9.17, 15) is 0 Å². The molecule has 0 radical (unpaired) electrons. The number of benzene rings is 2. The summed E-state index contributed by atoms with van der Waals surface area (Å²) in [4.78, 5) is 4.39. The van der Waals surface area contributed by atoms with Crippen molar-refractivity contribution in [1.29, 1.82) is 0 Å². The molecule has 1 atom stereocenters. The Hall–Kier alpha value is -2.19. The summed E-state index contributed by atoms with van der Waals surface area (Å²) in [6, 6.07) is 18.7. The van der Waals surface area contributed by atoms with Crippen molar-refractivity contribution >= 4 is 10.9 Å². The Bertz CT molecular complexity index is 729. The molecular formula is C18H18N2. The Morgan fingerprint density at radius 3 is 2.75 bits per heavy atom. The smallest absolute Gasteiger partial charge is 0.0705 e. The third-order valence-electron chi connectivity index (χ3n) is 3.62. The fraction of sp³-hybridized carbons (Fsp3) is 0.167. The molecule has 0 bridgehead atoms. The summed E-state index contributed by atoms with van der Waals surface area (Å²) in [6.45, 7) is 2.11.